The molecule has 6 heteroatoms. The molecule has 0 aliphatic heterocycles. The van der Waals surface area contributed by atoms with Gasteiger partial charge in [-0.05, 0) is 24.6 Å². The minimum absolute atomic E-state index is 0.142. The van der Waals surface area contributed by atoms with Gasteiger partial charge in [-0.25, -0.2) is 0 Å². The fourth-order valence-electron chi connectivity index (χ4n) is 1.65. The molecule has 1 amide bonds. The Morgan fingerprint density at radius 3 is 2.63 bits per heavy atom. The molecule has 1 aromatic heterocycles. The number of carbonyl (C=O) groups is 1. The van der Waals surface area contributed by atoms with E-state index in [-0.39, 0.29) is 11.8 Å². The first-order chi connectivity index (χ1) is 8.97. The van der Waals surface area contributed by atoms with Crippen molar-refractivity contribution in [2.45, 2.75) is 12.8 Å². The first kappa shape index (κ1) is 13.9. The predicted octanol–water partition coefficient (Wildman–Crippen LogP) is 3.47. The van der Waals surface area contributed by atoms with E-state index in [1.54, 1.807) is 49.1 Å². The Balaban J connectivity index is 2.12. The predicted molar refractivity (Wildman–Crippen MR) is 76.7 cm³/mol. The maximum Gasteiger partial charge on any atom is 0.232 e. The zero-order valence-corrected chi connectivity index (χ0v) is 12.0. The molecule has 1 unspecified atom stereocenters. The number of hydrogen-bond acceptors (Lipinski definition) is 2. The second-order valence-corrected chi connectivity index (χ2v) is 5.07. The molecule has 19 heavy (non-hydrogen) atoms. The molecule has 0 spiro atoms. The van der Waals surface area contributed by atoms with E-state index in [9.17, 15) is 4.79 Å². The minimum atomic E-state index is -0.336. The highest BCUT2D eigenvalue weighted by Gasteiger charge is 2.17. The zero-order chi connectivity index (χ0) is 14.0. The maximum absolute atomic E-state index is 12.1. The summed E-state index contributed by atoms with van der Waals surface area (Å²) in [5.74, 6) is 0.0493. The molecule has 2 rings (SSSR count). The largest absolute Gasteiger partial charge is 0.309 e. The fourth-order valence-corrected chi connectivity index (χ4v) is 1.96. The molecule has 1 heterocycles. The third-order valence-electron chi connectivity index (χ3n) is 2.80. The van der Waals surface area contributed by atoms with Crippen molar-refractivity contribution in [2.75, 3.05) is 5.32 Å². The molecular weight excluding hydrogens is 285 g/mol. The fraction of sp³-hybridized carbons (Fsp3) is 0.231. The molecule has 100 valence electrons. The normalized spacial score (nSPS) is 12.2. The lowest BCUT2D eigenvalue weighted by Crippen LogP contribution is -2.19. The summed E-state index contributed by atoms with van der Waals surface area (Å²) in [6.45, 7) is 1.80. The molecule has 0 radical (unpaired) electrons. The Morgan fingerprint density at radius 2 is 2.05 bits per heavy atom. The van der Waals surface area contributed by atoms with Gasteiger partial charge in [0.05, 0.1) is 16.0 Å². The first-order valence-electron chi connectivity index (χ1n) is 5.73. The van der Waals surface area contributed by atoms with Crippen molar-refractivity contribution in [1.82, 2.24) is 9.78 Å². The SMILES string of the molecule is CC(C(=O)Nc1ccn(C)n1)c1ccc(Cl)c(Cl)c1. The summed E-state index contributed by atoms with van der Waals surface area (Å²) in [5, 5.41) is 7.76. The summed E-state index contributed by atoms with van der Waals surface area (Å²) < 4.78 is 1.62. The summed E-state index contributed by atoms with van der Waals surface area (Å²) in [6, 6.07) is 6.91. The smallest absolute Gasteiger partial charge is 0.232 e. The van der Waals surface area contributed by atoms with Crippen molar-refractivity contribution < 1.29 is 4.79 Å². The second kappa shape index (κ2) is 5.63. The van der Waals surface area contributed by atoms with Crippen LogP contribution in [0, 0.1) is 0 Å². The topological polar surface area (TPSA) is 46.9 Å². The molecule has 0 fully saturated rings. The summed E-state index contributed by atoms with van der Waals surface area (Å²) in [5.41, 5.74) is 0.808. The molecule has 4 nitrogen and oxygen atoms in total. The summed E-state index contributed by atoms with van der Waals surface area (Å²) in [7, 11) is 1.79. The highest BCUT2D eigenvalue weighted by atomic mass is 35.5. The van der Waals surface area contributed by atoms with E-state index < -0.39 is 0 Å². The van der Waals surface area contributed by atoms with E-state index in [1.807, 2.05) is 0 Å². The quantitative estimate of drug-likeness (QED) is 0.943. The van der Waals surface area contributed by atoms with Gasteiger partial charge in [-0.3, -0.25) is 9.48 Å². The average Bonchev–Trinajstić information content (AvgIpc) is 2.77. The molecule has 0 aliphatic carbocycles. The van der Waals surface area contributed by atoms with Crippen LogP contribution in [0.25, 0.3) is 0 Å². The Labute approximate surface area is 121 Å². The number of aromatic nitrogens is 2. The van der Waals surface area contributed by atoms with Crippen LogP contribution in [0.2, 0.25) is 10.0 Å². The van der Waals surface area contributed by atoms with Gasteiger partial charge >= 0.3 is 0 Å². The van der Waals surface area contributed by atoms with Gasteiger partial charge in [0, 0.05) is 19.3 Å². The van der Waals surface area contributed by atoms with E-state index in [0.717, 1.165) is 5.56 Å². The number of nitrogens with zero attached hydrogens (tertiary/aromatic N) is 2. The van der Waals surface area contributed by atoms with E-state index >= 15 is 0 Å². The van der Waals surface area contributed by atoms with Gasteiger partial charge in [0.1, 0.15) is 0 Å². The van der Waals surface area contributed by atoms with Gasteiger partial charge in [0.15, 0.2) is 5.82 Å². The van der Waals surface area contributed by atoms with Crippen LogP contribution >= 0.6 is 23.2 Å². The average molecular weight is 298 g/mol. The van der Waals surface area contributed by atoms with Crippen molar-refractivity contribution in [2.24, 2.45) is 7.05 Å². The van der Waals surface area contributed by atoms with E-state index in [2.05, 4.69) is 10.4 Å². The Bertz CT molecular complexity index is 610. The number of anilines is 1. The summed E-state index contributed by atoms with van der Waals surface area (Å²) >= 11 is 11.8. The zero-order valence-electron chi connectivity index (χ0n) is 10.5. The van der Waals surface area contributed by atoms with Gasteiger partial charge in [0.2, 0.25) is 5.91 Å². The number of amides is 1. The summed E-state index contributed by atoms with van der Waals surface area (Å²) in [6.07, 6.45) is 1.76. The lowest BCUT2D eigenvalue weighted by molar-refractivity contribution is -0.117. The van der Waals surface area contributed by atoms with Crippen LogP contribution in [0.15, 0.2) is 30.5 Å². The second-order valence-electron chi connectivity index (χ2n) is 4.26. The number of carbonyl (C=O) groups excluding carboxylic acids is 1. The number of aryl methyl sites for hydroxylation is 1. The monoisotopic (exact) mass is 297 g/mol. The lowest BCUT2D eigenvalue weighted by Gasteiger charge is -2.12. The molecular formula is C13H13Cl2N3O. The van der Waals surface area contributed by atoms with Crippen molar-refractivity contribution >= 4 is 34.9 Å². The Hall–Kier alpha value is -1.52. The van der Waals surface area contributed by atoms with Crippen LogP contribution in [0.4, 0.5) is 5.82 Å². The number of nitrogens with one attached hydrogen (secondary N) is 1. The van der Waals surface area contributed by atoms with Crippen LogP contribution in [0.5, 0.6) is 0 Å². The van der Waals surface area contributed by atoms with Crippen LogP contribution in [0.3, 0.4) is 0 Å². The standard InChI is InChI=1S/C13H13Cl2N3O/c1-8(9-3-4-10(14)11(15)7-9)13(19)16-12-5-6-18(2)17-12/h3-8H,1-2H3,(H,16,17,19). The molecule has 1 N–H and O–H groups in total. The highest BCUT2D eigenvalue weighted by molar-refractivity contribution is 6.42. The van der Waals surface area contributed by atoms with E-state index in [0.29, 0.717) is 15.9 Å². The van der Waals surface area contributed by atoms with Crippen molar-refractivity contribution in [3.63, 3.8) is 0 Å². The van der Waals surface area contributed by atoms with Crippen molar-refractivity contribution in [1.29, 1.82) is 0 Å². The van der Waals surface area contributed by atoms with Gasteiger partial charge in [-0.2, -0.15) is 5.10 Å². The molecule has 0 saturated carbocycles. The third kappa shape index (κ3) is 3.28. The molecule has 2 aromatic rings. The van der Waals surface area contributed by atoms with Crippen LogP contribution < -0.4 is 5.32 Å². The number of halogens is 2. The Morgan fingerprint density at radius 1 is 1.32 bits per heavy atom. The van der Waals surface area contributed by atoms with Crippen LogP contribution in [0.1, 0.15) is 18.4 Å². The lowest BCUT2D eigenvalue weighted by atomic mass is 10.0. The summed E-state index contributed by atoms with van der Waals surface area (Å²) in [4.78, 5) is 12.1. The molecule has 1 aromatic carbocycles. The number of hydrogen-bond donors (Lipinski definition) is 1. The molecule has 0 aliphatic rings. The maximum atomic E-state index is 12.1. The molecule has 0 bridgehead atoms. The van der Waals surface area contributed by atoms with Gasteiger partial charge in [-0.1, -0.05) is 29.3 Å². The minimum Gasteiger partial charge on any atom is -0.309 e. The van der Waals surface area contributed by atoms with Crippen LogP contribution in [-0.2, 0) is 11.8 Å². The van der Waals surface area contributed by atoms with Gasteiger partial charge in [0.25, 0.3) is 0 Å². The Kier molecular flexibility index (Phi) is 4.12. The van der Waals surface area contributed by atoms with Crippen LogP contribution in [-0.4, -0.2) is 15.7 Å². The van der Waals surface area contributed by atoms with Gasteiger partial charge in [-0.15, -0.1) is 0 Å². The third-order valence-corrected chi connectivity index (χ3v) is 3.54. The van der Waals surface area contributed by atoms with Crippen molar-refractivity contribution in [3.05, 3.63) is 46.1 Å². The van der Waals surface area contributed by atoms with Gasteiger partial charge < -0.3 is 5.32 Å². The molecule has 1 atom stereocenters. The number of benzene rings is 1. The highest BCUT2D eigenvalue weighted by Crippen LogP contribution is 2.26. The van der Waals surface area contributed by atoms with Crippen molar-refractivity contribution in [3.8, 4) is 0 Å². The molecule has 0 saturated heterocycles. The van der Waals surface area contributed by atoms with E-state index in [1.165, 1.54) is 0 Å². The first-order valence-corrected chi connectivity index (χ1v) is 6.48. The van der Waals surface area contributed by atoms with E-state index in [4.69, 9.17) is 23.2 Å². The number of rotatable bonds is 3.